The largest absolute Gasteiger partial charge is 0.494 e. The van der Waals surface area contributed by atoms with E-state index in [0.29, 0.717) is 18.9 Å². The number of carbonyl (C=O) groups excluding carboxylic acids is 1. The molecule has 2 aromatic rings. The number of halogens is 1. The zero-order chi connectivity index (χ0) is 16.7. The van der Waals surface area contributed by atoms with Gasteiger partial charge in [0.15, 0.2) is 6.61 Å². The molecule has 2 aromatic carbocycles. The summed E-state index contributed by atoms with van der Waals surface area (Å²) in [6, 6.07) is 15.2. The third-order valence-electron chi connectivity index (χ3n) is 3.26. The zero-order valence-corrected chi connectivity index (χ0v) is 14.9. The number of nitrogens with zero attached hydrogens (tertiary/aromatic N) is 1. The molecule has 23 heavy (non-hydrogen) atoms. The van der Waals surface area contributed by atoms with Crippen molar-refractivity contribution in [2.24, 2.45) is 0 Å². The van der Waals surface area contributed by atoms with Crippen molar-refractivity contribution in [1.29, 1.82) is 0 Å². The van der Waals surface area contributed by atoms with Crippen LogP contribution in [0.25, 0.3) is 0 Å². The lowest BCUT2D eigenvalue weighted by atomic mass is 10.2. The number of ether oxygens (including phenoxy) is 2. The van der Waals surface area contributed by atoms with Gasteiger partial charge in [-0.25, -0.2) is 0 Å². The Bertz CT molecular complexity index is 626. The zero-order valence-electron chi connectivity index (χ0n) is 13.3. The third kappa shape index (κ3) is 5.60. The minimum Gasteiger partial charge on any atom is -0.494 e. The molecule has 0 spiro atoms. The molecular formula is C18H20BrNO3. The standard InChI is InChI=1S/C18H20BrNO3/c1-3-22-16-8-10-17(11-9-16)23-13-18(21)20(2)12-14-4-6-15(19)7-5-14/h4-11H,3,12-13H2,1-2H3. The van der Waals surface area contributed by atoms with E-state index in [-0.39, 0.29) is 12.5 Å². The van der Waals surface area contributed by atoms with Gasteiger partial charge in [-0.2, -0.15) is 0 Å². The van der Waals surface area contributed by atoms with Crippen molar-refractivity contribution in [3.63, 3.8) is 0 Å². The first-order valence-corrected chi connectivity index (χ1v) is 8.22. The highest BCUT2D eigenvalue weighted by Gasteiger charge is 2.10. The van der Waals surface area contributed by atoms with Crippen LogP contribution in [-0.2, 0) is 11.3 Å². The molecule has 4 nitrogen and oxygen atoms in total. The average molecular weight is 378 g/mol. The van der Waals surface area contributed by atoms with E-state index in [9.17, 15) is 4.79 Å². The van der Waals surface area contributed by atoms with E-state index in [1.165, 1.54) is 0 Å². The summed E-state index contributed by atoms with van der Waals surface area (Å²) in [6.07, 6.45) is 0. The highest BCUT2D eigenvalue weighted by atomic mass is 79.9. The van der Waals surface area contributed by atoms with Crippen molar-refractivity contribution < 1.29 is 14.3 Å². The van der Waals surface area contributed by atoms with Crippen molar-refractivity contribution in [2.75, 3.05) is 20.3 Å². The number of benzene rings is 2. The molecular weight excluding hydrogens is 358 g/mol. The second-order valence-electron chi connectivity index (χ2n) is 5.07. The van der Waals surface area contributed by atoms with E-state index >= 15 is 0 Å². The average Bonchev–Trinajstić information content (AvgIpc) is 2.56. The lowest BCUT2D eigenvalue weighted by Crippen LogP contribution is -2.30. The number of carbonyl (C=O) groups is 1. The van der Waals surface area contributed by atoms with Crippen molar-refractivity contribution >= 4 is 21.8 Å². The Hall–Kier alpha value is -2.01. The third-order valence-corrected chi connectivity index (χ3v) is 3.78. The maximum Gasteiger partial charge on any atom is 0.260 e. The first-order chi connectivity index (χ1) is 11.1. The Kier molecular flexibility index (Phi) is 6.47. The number of hydrogen-bond donors (Lipinski definition) is 0. The summed E-state index contributed by atoms with van der Waals surface area (Å²) in [5.41, 5.74) is 1.07. The molecule has 0 aliphatic heterocycles. The van der Waals surface area contributed by atoms with Gasteiger partial charge in [-0.15, -0.1) is 0 Å². The van der Waals surface area contributed by atoms with Gasteiger partial charge in [0.2, 0.25) is 0 Å². The summed E-state index contributed by atoms with van der Waals surface area (Å²) in [4.78, 5) is 13.8. The van der Waals surface area contributed by atoms with Gasteiger partial charge in [0.25, 0.3) is 5.91 Å². The van der Waals surface area contributed by atoms with Gasteiger partial charge in [-0.1, -0.05) is 28.1 Å². The minimum absolute atomic E-state index is 0.0149. The van der Waals surface area contributed by atoms with Crippen LogP contribution in [0.5, 0.6) is 11.5 Å². The summed E-state index contributed by atoms with van der Waals surface area (Å²) in [7, 11) is 1.77. The van der Waals surface area contributed by atoms with Crippen molar-refractivity contribution in [2.45, 2.75) is 13.5 Å². The van der Waals surface area contributed by atoms with Crippen LogP contribution in [0.2, 0.25) is 0 Å². The van der Waals surface area contributed by atoms with Crippen LogP contribution in [0.1, 0.15) is 12.5 Å². The molecule has 0 saturated carbocycles. The van der Waals surface area contributed by atoms with E-state index in [2.05, 4.69) is 15.9 Å². The maximum absolute atomic E-state index is 12.1. The molecule has 122 valence electrons. The summed E-state index contributed by atoms with van der Waals surface area (Å²) in [5, 5.41) is 0. The predicted molar refractivity (Wildman–Crippen MR) is 93.7 cm³/mol. The molecule has 5 heteroatoms. The van der Waals surface area contributed by atoms with Gasteiger partial charge in [0, 0.05) is 18.1 Å². The van der Waals surface area contributed by atoms with Crippen molar-refractivity contribution in [3.05, 3.63) is 58.6 Å². The number of likely N-dealkylation sites (N-methyl/N-ethyl adjacent to an activating group) is 1. The molecule has 0 unspecified atom stereocenters. The fourth-order valence-electron chi connectivity index (χ4n) is 2.01. The molecule has 0 radical (unpaired) electrons. The Balaban J connectivity index is 1.82. The maximum atomic E-state index is 12.1. The summed E-state index contributed by atoms with van der Waals surface area (Å²) in [5.74, 6) is 1.37. The molecule has 0 heterocycles. The fraction of sp³-hybridized carbons (Fsp3) is 0.278. The predicted octanol–water partition coefficient (Wildman–Crippen LogP) is 3.89. The molecule has 0 aliphatic carbocycles. The Labute approximate surface area is 145 Å². The second-order valence-corrected chi connectivity index (χ2v) is 5.99. The Morgan fingerprint density at radius 3 is 2.13 bits per heavy atom. The molecule has 0 atom stereocenters. The van der Waals surface area contributed by atoms with E-state index in [1.54, 1.807) is 24.1 Å². The Morgan fingerprint density at radius 2 is 1.57 bits per heavy atom. The van der Waals surface area contributed by atoms with Crippen LogP contribution in [0.15, 0.2) is 53.0 Å². The van der Waals surface area contributed by atoms with E-state index in [4.69, 9.17) is 9.47 Å². The van der Waals surface area contributed by atoms with Crippen LogP contribution >= 0.6 is 15.9 Å². The van der Waals surface area contributed by atoms with E-state index in [0.717, 1.165) is 15.8 Å². The highest BCUT2D eigenvalue weighted by Crippen LogP contribution is 2.17. The first-order valence-electron chi connectivity index (χ1n) is 7.42. The normalized spacial score (nSPS) is 10.2. The quantitative estimate of drug-likeness (QED) is 0.734. The van der Waals surface area contributed by atoms with Gasteiger partial charge in [0.05, 0.1) is 6.61 Å². The van der Waals surface area contributed by atoms with Crippen LogP contribution in [0.4, 0.5) is 0 Å². The molecule has 0 saturated heterocycles. The Morgan fingerprint density at radius 1 is 1.00 bits per heavy atom. The molecule has 2 rings (SSSR count). The SMILES string of the molecule is CCOc1ccc(OCC(=O)N(C)Cc2ccc(Br)cc2)cc1. The summed E-state index contributed by atoms with van der Waals surface area (Å²) < 4.78 is 11.9. The first kappa shape index (κ1) is 17.3. The molecule has 0 N–H and O–H groups in total. The lowest BCUT2D eigenvalue weighted by Gasteiger charge is -2.17. The number of rotatable bonds is 7. The van der Waals surface area contributed by atoms with Crippen molar-refractivity contribution in [3.8, 4) is 11.5 Å². The smallest absolute Gasteiger partial charge is 0.260 e. The van der Waals surface area contributed by atoms with Crippen LogP contribution < -0.4 is 9.47 Å². The minimum atomic E-state index is -0.0678. The molecule has 0 fully saturated rings. The van der Waals surface area contributed by atoms with E-state index < -0.39 is 0 Å². The van der Waals surface area contributed by atoms with Gasteiger partial charge in [-0.3, -0.25) is 4.79 Å². The molecule has 0 aromatic heterocycles. The topological polar surface area (TPSA) is 38.8 Å². The molecule has 0 aliphatic rings. The molecule has 1 amide bonds. The van der Waals surface area contributed by atoms with Gasteiger partial charge in [-0.05, 0) is 48.9 Å². The number of hydrogen-bond acceptors (Lipinski definition) is 3. The highest BCUT2D eigenvalue weighted by molar-refractivity contribution is 9.10. The van der Waals surface area contributed by atoms with Gasteiger partial charge < -0.3 is 14.4 Å². The monoisotopic (exact) mass is 377 g/mol. The second kappa shape index (κ2) is 8.58. The summed E-state index contributed by atoms with van der Waals surface area (Å²) in [6.45, 7) is 3.13. The lowest BCUT2D eigenvalue weighted by molar-refractivity contribution is -0.132. The molecule has 0 bridgehead atoms. The number of amides is 1. The van der Waals surface area contributed by atoms with Crippen molar-refractivity contribution in [1.82, 2.24) is 4.90 Å². The van der Waals surface area contributed by atoms with Crippen LogP contribution in [0, 0.1) is 0 Å². The van der Waals surface area contributed by atoms with Gasteiger partial charge in [0.1, 0.15) is 11.5 Å². The van der Waals surface area contributed by atoms with E-state index in [1.807, 2.05) is 43.3 Å². The van der Waals surface area contributed by atoms with Crippen LogP contribution in [-0.4, -0.2) is 31.1 Å². The fourth-order valence-corrected chi connectivity index (χ4v) is 2.27. The van der Waals surface area contributed by atoms with Gasteiger partial charge >= 0.3 is 0 Å². The summed E-state index contributed by atoms with van der Waals surface area (Å²) >= 11 is 3.40. The van der Waals surface area contributed by atoms with Crippen LogP contribution in [0.3, 0.4) is 0 Å².